The Morgan fingerprint density at radius 3 is 1.51 bits per heavy atom. The van der Waals surface area contributed by atoms with Crippen molar-refractivity contribution in [3.8, 4) is 0 Å². The van der Waals surface area contributed by atoms with Gasteiger partial charge in [0, 0.05) is 12.8 Å². The highest BCUT2D eigenvalue weighted by molar-refractivity contribution is 5.77. The number of likely N-dealkylation sites (N-methyl/N-ethyl adjacent to an activating group) is 1. The maximum Gasteiger partial charge on any atom is 0.224 e. The highest BCUT2D eigenvalue weighted by Gasteiger charge is 2.37. The molecule has 0 radical (unpaired) electrons. The Labute approximate surface area is 226 Å². The maximum absolute atomic E-state index is 12.1. The second-order valence-electron chi connectivity index (χ2n) is 11.3. The largest absolute Gasteiger partial charge is 0.369 e. The molecule has 7 heteroatoms. The summed E-state index contributed by atoms with van der Waals surface area (Å²) in [6.07, 6.45) is 22.1. The lowest BCUT2D eigenvalue weighted by Crippen LogP contribution is -2.49. The molecule has 0 aliphatic carbocycles. The Kier molecular flexibility index (Phi) is 15.1. The van der Waals surface area contributed by atoms with Crippen molar-refractivity contribution in [3.63, 3.8) is 0 Å². The van der Waals surface area contributed by atoms with Crippen LogP contribution in [-0.2, 0) is 19.1 Å². The maximum atomic E-state index is 12.1. The van der Waals surface area contributed by atoms with Gasteiger partial charge in [-0.2, -0.15) is 0 Å². The van der Waals surface area contributed by atoms with Gasteiger partial charge in [0.15, 0.2) is 0 Å². The first-order chi connectivity index (χ1) is 17.8. The fourth-order valence-corrected chi connectivity index (χ4v) is 4.57. The van der Waals surface area contributed by atoms with E-state index in [0.29, 0.717) is 50.3 Å². The summed E-state index contributed by atoms with van der Waals surface area (Å²) in [5.41, 5.74) is 0. The van der Waals surface area contributed by atoms with Crippen molar-refractivity contribution in [2.45, 2.75) is 115 Å². The van der Waals surface area contributed by atoms with Crippen molar-refractivity contribution < 1.29 is 23.5 Å². The molecule has 2 rings (SSSR count). The highest BCUT2D eigenvalue weighted by Crippen LogP contribution is 2.31. The molecule has 0 bridgehead atoms. The molecule has 0 aromatic rings. The van der Waals surface area contributed by atoms with Gasteiger partial charge in [-0.15, -0.1) is 0 Å². The number of quaternary nitrogens is 1. The third-order valence-corrected chi connectivity index (χ3v) is 7.31. The lowest BCUT2D eigenvalue weighted by molar-refractivity contribution is -0.887. The van der Waals surface area contributed by atoms with Gasteiger partial charge in [-0.1, -0.05) is 76.7 Å². The summed E-state index contributed by atoms with van der Waals surface area (Å²) < 4.78 is 12.1. The van der Waals surface area contributed by atoms with Crippen molar-refractivity contribution in [2.24, 2.45) is 0 Å². The zero-order valence-electron chi connectivity index (χ0n) is 24.0. The average Bonchev–Trinajstić information content (AvgIpc) is 3.77. The van der Waals surface area contributed by atoms with E-state index in [1.54, 1.807) is 0 Å². The smallest absolute Gasteiger partial charge is 0.224 e. The van der Waals surface area contributed by atoms with Gasteiger partial charge in [0.2, 0.25) is 11.8 Å². The monoisotopic (exact) mass is 520 g/mol. The van der Waals surface area contributed by atoms with E-state index >= 15 is 0 Å². The predicted molar refractivity (Wildman–Crippen MR) is 150 cm³/mol. The Morgan fingerprint density at radius 2 is 1.11 bits per heavy atom. The lowest BCUT2D eigenvalue weighted by Gasteiger charge is -2.29. The number of nitrogens with one attached hydrogen (secondary N) is 2. The summed E-state index contributed by atoms with van der Waals surface area (Å²) in [6.45, 7) is 7.34. The molecule has 0 saturated carbocycles. The number of hydrogen-bond donors (Lipinski definition) is 2. The second kappa shape index (κ2) is 17.7. The van der Waals surface area contributed by atoms with E-state index in [0.717, 1.165) is 43.3 Å². The summed E-state index contributed by atoms with van der Waals surface area (Å²) in [4.78, 5) is 24.2. The number of hydrogen-bond acceptors (Lipinski definition) is 4. The van der Waals surface area contributed by atoms with Gasteiger partial charge in [-0.3, -0.25) is 9.59 Å². The SMILES string of the molecule is CCCCCC1OC1C/C=C/CC(=O)NCC[N+](C)(C)CCNC(=O)C/C=C/CC1OC1CCCCC. The number of ether oxygens (including phenoxy) is 2. The summed E-state index contributed by atoms with van der Waals surface area (Å²) in [6, 6.07) is 0. The van der Waals surface area contributed by atoms with E-state index < -0.39 is 0 Å². The molecule has 2 aliphatic heterocycles. The summed E-state index contributed by atoms with van der Waals surface area (Å²) in [5.74, 6) is 0.104. The van der Waals surface area contributed by atoms with Gasteiger partial charge >= 0.3 is 0 Å². The molecule has 2 N–H and O–H groups in total. The molecule has 0 aromatic heterocycles. The van der Waals surface area contributed by atoms with Gasteiger partial charge in [0.25, 0.3) is 0 Å². The van der Waals surface area contributed by atoms with Crippen molar-refractivity contribution in [1.82, 2.24) is 10.6 Å². The van der Waals surface area contributed by atoms with Gasteiger partial charge in [0.05, 0.1) is 64.7 Å². The Bertz CT molecular complexity index is 664. The average molecular weight is 521 g/mol. The van der Waals surface area contributed by atoms with Crippen LogP contribution in [0.25, 0.3) is 0 Å². The molecule has 212 valence electrons. The summed E-state index contributed by atoms with van der Waals surface area (Å²) in [7, 11) is 4.24. The van der Waals surface area contributed by atoms with Crippen LogP contribution in [-0.4, -0.2) is 81.0 Å². The molecule has 2 heterocycles. The van der Waals surface area contributed by atoms with Crippen LogP contribution in [0.3, 0.4) is 0 Å². The fraction of sp³-hybridized carbons (Fsp3) is 0.800. The zero-order valence-corrected chi connectivity index (χ0v) is 24.0. The zero-order chi connectivity index (χ0) is 26.9. The molecule has 4 atom stereocenters. The molecule has 2 saturated heterocycles. The first kappa shape index (κ1) is 31.5. The van der Waals surface area contributed by atoms with Crippen LogP contribution in [0.15, 0.2) is 24.3 Å². The normalized spacial score (nSPS) is 23.0. The molecule has 4 unspecified atom stereocenters. The van der Waals surface area contributed by atoms with Crippen molar-refractivity contribution in [2.75, 3.05) is 40.3 Å². The number of nitrogens with zero attached hydrogens (tertiary/aromatic N) is 1. The summed E-state index contributed by atoms with van der Waals surface area (Å²) >= 11 is 0. The topological polar surface area (TPSA) is 83.3 Å². The van der Waals surface area contributed by atoms with Crippen LogP contribution < -0.4 is 10.6 Å². The summed E-state index contributed by atoms with van der Waals surface area (Å²) in [5, 5.41) is 6.01. The second-order valence-corrected chi connectivity index (χ2v) is 11.3. The van der Waals surface area contributed by atoms with Crippen LogP contribution >= 0.6 is 0 Å². The first-order valence-corrected chi connectivity index (χ1v) is 14.8. The van der Waals surface area contributed by atoms with Crippen LogP contribution in [0.1, 0.15) is 90.9 Å². The van der Waals surface area contributed by atoms with E-state index in [-0.39, 0.29) is 11.8 Å². The van der Waals surface area contributed by atoms with E-state index in [2.05, 4.69) is 50.7 Å². The first-order valence-electron chi connectivity index (χ1n) is 14.8. The molecule has 2 amide bonds. The molecule has 7 nitrogen and oxygen atoms in total. The number of unbranched alkanes of at least 4 members (excludes halogenated alkanes) is 4. The van der Waals surface area contributed by atoms with Crippen LogP contribution in [0.5, 0.6) is 0 Å². The third kappa shape index (κ3) is 15.3. The Morgan fingerprint density at radius 1 is 0.676 bits per heavy atom. The number of amides is 2. The number of rotatable bonds is 22. The van der Waals surface area contributed by atoms with Gasteiger partial charge in [-0.05, 0) is 25.7 Å². The van der Waals surface area contributed by atoms with Crippen molar-refractivity contribution >= 4 is 11.8 Å². The standard InChI is InChI=1S/C30H53N3O4/c1-5-7-9-15-25-27(36-25)17-11-13-19-29(34)31-21-23-33(3,4)24-22-32-30(35)20-14-12-18-28-26(37-28)16-10-8-6-2/h11-14,25-28H,5-10,15-24H2,1-4H3,(H-,31,32,34,35)/p+1/b13-11+,14-12+. The predicted octanol–water partition coefficient (Wildman–Crippen LogP) is 4.66. The van der Waals surface area contributed by atoms with E-state index in [9.17, 15) is 9.59 Å². The quantitative estimate of drug-likeness (QED) is 0.0941. The Balaban J connectivity index is 1.43. The molecule has 0 aromatic carbocycles. The highest BCUT2D eigenvalue weighted by atomic mass is 16.6. The minimum Gasteiger partial charge on any atom is -0.369 e. The number of carbonyl (C=O) groups excluding carboxylic acids is 2. The molecule has 2 fully saturated rings. The third-order valence-electron chi connectivity index (χ3n) is 7.31. The molecule has 0 spiro atoms. The molecule has 37 heavy (non-hydrogen) atoms. The molecule has 2 aliphatic rings. The van der Waals surface area contributed by atoms with E-state index in [1.165, 1.54) is 38.5 Å². The molecular weight excluding hydrogens is 466 g/mol. The van der Waals surface area contributed by atoms with Crippen LogP contribution in [0, 0.1) is 0 Å². The minimum absolute atomic E-state index is 0.0522. The van der Waals surface area contributed by atoms with Gasteiger partial charge in [0.1, 0.15) is 0 Å². The fourth-order valence-electron chi connectivity index (χ4n) is 4.57. The molecular formula is C30H54N3O4+. The lowest BCUT2D eigenvalue weighted by atomic mass is 10.1. The van der Waals surface area contributed by atoms with Gasteiger partial charge < -0.3 is 24.6 Å². The Hall–Kier alpha value is -1.70. The minimum atomic E-state index is 0.0522. The van der Waals surface area contributed by atoms with Crippen LogP contribution in [0.4, 0.5) is 0 Å². The number of epoxide rings is 2. The number of carbonyl (C=O) groups is 2. The van der Waals surface area contributed by atoms with Crippen LogP contribution in [0.2, 0.25) is 0 Å². The van der Waals surface area contributed by atoms with E-state index in [1.807, 2.05) is 12.2 Å². The van der Waals surface area contributed by atoms with Gasteiger partial charge in [-0.25, -0.2) is 0 Å². The van der Waals surface area contributed by atoms with E-state index in [4.69, 9.17) is 9.47 Å². The van der Waals surface area contributed by atoms with Crippen molar-refractivity contribution in [3.05, 3.63) is 24.3 Å². The van der Waals surface area contributed by atoms with Crippen molar-refractivity contribution in [1.29, 1.82) is 0 Å².